The molecule has 0 saturated carbocycles. The van der Waals surface area contributed by atoms with Gasteiger partial charge in [0.1, 0.15) is 5.82 Å². The first-order chi connectivity index (χ1) is 11.3. The summed E-state index contributed by atoms with van der Waals surface area (Å²) < 4.78 is 18.3. The second kappa shape index (κ2) is 7.08. The lowest BCUT2D eigenvalue weighted by molar-refractivity contribution is -0.115. The zero-order valence-corrected chi connectivity index (χ0v) is 13.5. The zero-order chi connectivity index (χ0) is 17.9. The predicted molar refractivity (Wildman–Crippen MR) is 85.6 cm³/mol. The van der Waals surface area contributed by atoms with Crippen LogP contribution in [0.25, 0.3) is 0 Å². The number of carbonyl (C=O) groups excluding carboxylic acids is 3. The van der Waals surface area contributed by atoms with Gasteiger partial charge in [-0.25, -0.2) is 9.18 Å². The predicted octanol–water partition coefficient (Wildman–Crippen LogP) is 2.63. The second-order valence-corrected chi connectivity index (χ2v) is 5.23. The maximum absolute atomic E-state index is 13.6. The molecule has 6 nitrogen and oxygen atoms in total. The number of rotatable bonds is 5. The van der Waals surface area contributed by atoms with Crippen LogP contribution < -0.4 is 5.32 Å². The molecular weight excluding hydrogens is 315 g/mol. The van der Waals surface area contributed by atoms with E-state index >= 15 is 0 Å². The Balaban J connectivity index is 2.30. The summed E-state index contributed by atoms with van der Waals surface area (Å²) in [4.78, 5) is 38.5. The summed E-state index contributed by atoms with van der Waals surface area (Å²) in [6.07, 6.45) is -0.229. The van der Waals surface area contributed by atoms with Crippen LogP contribution in [0.1, 0.15) is 39.0 Å². The highest BCUT2D eigenvalue weighted by molar-refractivity contribution is 6.02. The van der Waals surface area contributed by atoms with Crippen molar-refractivity contribution in [2.75, 3.05) is 12.4 Å². The number of hydrogen-bond acceptors (Lipinski definition) is 4. The van der Waals surface area contributed by atoms with E-state index in [9.17, 15) is 18.8 Å². The Morgan fingerprint density at radius 2 is 1.92 bits per heavy atom. The minimum absolute atomic E-state index is 0.0391. The van der Waals surface area contributed by atoms with Crippen LogP contribution in [0.5, 0.6) is 0 Å². The van der Waals surface area contributed by atoms with E-state index in [2.05, 4.69) is 10.3 Å². The molecule has 7 heteroatoms. The van der Waals surface area contributed by atoms with E-state index in [0.717, 1.165) is 0 Å². The number of halogens is 1. The van der Waals surface area contributed by atoms with E-state index in [1.54, 1.807) is 13.0 Å². The number of esters is 1. The van der Waals surface area contributed by atoms with Crippen LogP contribution in [0.15, 0.2) is 24.3 Å². The fourth-order valence-electron chi connectivity index (χ4n) is 2.44. The zero-order valence-electron chi connectivity index (χ0n) is 13.5. The van der Waals surface area contributed by atoms with Crippen LogP contribution in [0, 0.1) is 12.7 Å². The summed E-state index contributed by atoms with van der Waals surface area (Å²) in [5, 5.41) is 2.43. The molecule has 2 N–H and O–H groups in total. The molecule has 0 aliphatic heterocycles. The van der Waals surface area contributed by atoms with Crippen molar-refractivity contribution < 1.29 is 23.5 Å². The van der Waals surface area contributed by atoms with Crippen molar-refractivity contribution in [1.82, 2.24) is 4.98 Å². The van der Waals surface area contributed by atoms with Crippen LogP contribution in [-0.2, 0) is 16.0 Å². The first kappa shape index (κ1) is 17.4. The third-order valence-electron chi connectivity index (χ3n) is 3.55. The van der Waals surface area contributed by atoms with Gasteiger partial charge in [0.25, 0.3) is 0 Å². The molecule has 1 heterocycles. The van der Waals surface area contributed by atoms with Crippen molar-refractivity contribution in [3.63, 3.8) is 0 Å². The highest BCUT2D eigenvalue weighted by Crippen LogP contribution is 2.21. The van der Waals surface area contributed by atoms with E-state index < -0.39 is 17.7 Å². The Morgan fingerprint density at radius 1 is 1.25 bits per heavy atom. The number of methoxy groups -OCH3 is 1. The lowest BCUT2D eigenvalue weighted by Crippen LogP contribution is -2.17. The van der Waals surface area contributed by atoms with E-state index in [4.69, 9.17) is 4.74 Å². The Labute approximate surface area is 138 Å². The molecule has 2 aromatic rings. The Hall–Kier alpha value is -2.96. The molecule has 0 bridgehead atoms. The summed E-state index contributed by atoms with van der Waals surface area (Å²) in [7, 11) is 1.21. The number of nitrogens with one attached hydrogen (secondary N) is 2. The molecule has 0 spiro atoms. The highest BCUT2D eigenvalue weighted by atomic mass is 19.1. The van der Waals surface area contributed by atoms with E-state index in [1.165, 1.54) is 32.2 Å². The van der Waals surface area contributed by atoms with Crippen molar-refractivity contribution in [2.45, 2.75) is 20.3 Å². The quantitative estimate of drug-likeness (QED) is 0.651. The molecule has 126 valence electrons. The van der Waals surface area contributed by atoms with Crippen molar-refractivity contribution in [2.24, 2.45) is 0 Å². The number of carbonyl (C=O) groups is 3. The minimum atomic E-state index is -0.648. The molecule has 1 aromatic heterocycles. The van der Waals surface area contributed by atoms with E-state index in [0.29, 0.717) is 5.56 Å². The largest absolute Gasteiger partial charge is 0.465 e. The molecule has 0 saturated heterocycles. The number of H-pyrrole nitrogens is 1. The fourth-order valence-corrected chi connectivity index (χ4v) is 2.44. The van der Waals surface area contributed by atoms with Crippen LogP contribution in [0.2, 0.25) is 0 Å². The van der Waals surface area contributed by atoms with Gasteiger partial charge in [0.05, 0.1) is 30.5 Å². The first-order valence-corrected chi connectivity index (χ1v) is 7.20. The standard InChI is InChI=1S/C17H17FN2O4/c1-9-15(17(23)24-3)13(20-16(9)10(2)21)8-14(22)19-12-7-5-4-6-11(12)18/h4-7,20H,8H2,1-3H3,(H,19,22). The molecule has 2 rings (SSSR count). The number of ketones is 1. The van der Waals surface area contributed by atoms with Gasteiger partial charge < -0.3 is 15.0 Å². The van der Waals surface area contributed by atoms with Gasteiger partial charge in [-0.2, -0.15) is 0 Å². The maximum atomic E-state index is 13.6. The SMILES string of the molecule is COC(=O)c1c(CC(=O)Nc2ccccc2F)[nH]c(C(C)=O)c1C. The van der Waals surface area contributed by atoms with Gasteiger partial charge >= 0.3 is 5.97 Å². The Bertz CT molecular complexity index is 811. The van der Waals surface area contributed by atoms with Gasteiger partial charge in [0.15, 0.2) is 5.78 Å². The summed E-state index contributed by atoms with van der Waals surface area (Å²) in [6.45, 7) is 2.95. The molecule has 0 unspecified atom stereocenters. The number of hydrogen-bond donors (Lipinski definition) is 2. The van der Waals surface area contributed by atoms with Gasteiger partial charge in [0, 0.05) is 12.6 Å². The normalized spacial score (nSPS) is 10.3. The number of anilines is 1. The Morgan fingerprint density at radius 3 is 2.50 bits per heavy atom. The van der Waals surface area contributed by atoms with Crippen LogP contribution in [-0.4, -0.2) is 29.8 Å². The van der Waals surface area contributed by atoms with Crippen LogP contribution in [0.4, 0.5) is 10.1 Å². The third kappa shape index (κ3) is 3.51. The number of Topliss-reactive ketones (excluding diaryl/α,β-unsaturated/α-hetero) is 1. The van der Waals surface area contributed by atoms with Gasteiger partial charge in [0.2, 0.25) is 5.91 Å². The lowest BCUT2D eigenvalue weighted by Gasteiger charge is -2.07. The molecule has 0 fully saturated rings. The van der Waals surface area contributed by atoms with Crippen LogP contribution in [0.3, 0.4) is 0 Å². The molecule has 0 aliphatic rings. The average Bonchev–Trinajstić information content (AvgIpc) is 2.85. The lowest BCUT2D eigenvalue weighted by atomic mass is 10.1. The van der Waals surface area contributed by atoms with Crippen LogP contribution >= 0.6 is 0 Å². The number of amides is 1. The molecule has 24 heavy (non-hydrogen) atoms. The van der Waals surface area contributed by atoms with Gasteiger partial charge in [-0.15, -0.1) is 0 Å². The molecule has 0 aliphatic carbocycles. The topological polar surface area (TPSA) is 88.3 Å². The van der Waals surface area contributed by atoms with Gasteiger partial charge in [-0.1, -0.05) is 12.1 Å². The first-order valence-electron chi connectivity index (χ1n) is 7.20. The molecule has 1 amide bonds. The van der Waals surface area contributed by atoms with Crippen molar-refractivity contribution >= 4 is 23.3 Å². The van der Waals surface area contributed by atoms with Crippen molar-refractivity contribution in [3.8, 4) is 0 Å². The van der Waals surface area contributed by atoms with E-state index in [-0.39, 0.29) is 34.8 Å². The average molecular weight is 332 g/mol. The second-order valence-electron chi connectivity index (χ2n) is 5.23. The highest BCUT2D eigenvalue weighted by Gasteiger charge is 2.24. The number of ether oxygens (including phenoxy) is 1. The number of benzene rings is 1. The molecule has 0 atom stereocenters. The van der Waals surface area contributed by atoms with E-state index in [1.807, 2.05) is 0 Å². The van der Waals surface area contributed by atoms with Gasteiger partial charge in [-0.05, 0) is 24.6 Å². The molecule has 1 aromatic carbocycles. The maximum Gasteiger partial charge on any atom is 0.339 e. The monoisotopic (exact) mass is 332 g/mol. The minimum Gasteiger partial charge on any atom is -0.465 e. The smallest absolute Gasteiger partial charge is 0.339 e. The summed E-state index contributed by atoms with van der Waals surface area (Å²) in [6, 6.07) is 5.75. The fraction of sp³-hybridized carbons (Fsp3) is 0.235. The van der Waals surface area contributed by atoms with Crippen molar-refractivity contribution in [3.05, 3.63) is 52.6 Å². The molecular formula is C17H17FN2O4. The summed E-state index contributed by atoms with van der Waals surface area (Å²) in [5.74, 6) is -2.00. The number of para-hydroxylation sites is 1. The third-order valence-corrected chi connectivity index (χ3v) is 3.55. The molecule has 0 radical (unpaired) electrons. The van der Waals surface area contributed by atoms with Gasteiger partial charge in [-0.3, -0.25) is 9.59 Å². The summed E-state index contributed by atoms with van der Waals surface area (Å²) >= 11 is 0. The number of aromatic nitrogens is 1. The number of aromatic amines is 1. The summed E-state index contributed by atoms with van der Waals surface area (Å²) in [5.41, 5.74) is 1.09. The van der Waals surface area contributed by atoms with Crippen molar-refractivity contribution in [1.29, 1.82) is 0 Å². The Kier molecular flexibility index (Phi) is 5.13.